The van der Waals surface area contributed by atoms with Gasteiger partial charge >= 0.3 is 5.97 Å². The highest BCUT2D eigenvalue weighted by Crippen LogP contribution is 2.22. The first kappa shape index (κ1) is 17.7. The van der Waals surface area contributed by atoms with E-state index in [2.05, 4.69) is 14.9 Å². The van der Waals surface area contributed by atoms with E-state index in [1.165, 1.54) is 6.26 Å². The van der Waals surface area contributed by atoms with Crippen molar-refractivity contribution in [3.05, 3.63) is 53.2 Å². The number of amides is 1. The highest BCUT2D eigenvalue weighted by Gasteiger charge is 2.24. The van der Waals surface area contributed by atoms with Gasteiger partial charge in [0.2, 0.25) is 0 Å². The normalized spacial score (nSPS) is 12.3. The van der Waals surface area contributed by atoms with E-state index in [1.54, 1.807) is 6.92 Å². The lowest BCUT2D eigenvalue weighted by Crippen LogP contribution is -2.29. The fourth-order valence-electron chi connectivity index (χ4n) is 3.16. The lowest BCUT2D eigenvalue weighted by Gasteiger charge is -2.15. The number of fused-ring (bicyclic) bond motifs is 1. The minimum Gasteiger partial charge on any atom is -0.481 e. The average Bonchev–Trinajstić information content (AvgIpc) is 3.14. The van der Waals surface area contributed by atoms with Gasteiger partial charge in [-0.15, -0.1) is 0 Å². The Morgan fingerprint density at radius 2 is 2.08 bits per heavy atom. The number of hydrogen-bond acceptors (Lipinski definition) is 4. The number of benzene rings is 1. The summed E-state index contributed by atoms with van der Waals surface area (Å²) in [5.41, 5.74) is 2.77. The van der Waals surface area contributed by atoms with Crippen molar-refractivity contribution in [1.29, 1.82) is 0 Å². The number of carboxylic acid groups (broad SMARTS) is 1. The van der Waals surface area contributed by atoms with E-state index in [1.807, 2.05) is 38.1 Å². The number of furan rings is 1. The van der Waals surface area contributed by atoms with Crippen LogP contribution in [0, 0.1) is 6.92 Å². The number of hydrogen-bond donors (Lipinski definition) is 2. The SMILES string of the molecule is CCn1c(C(C)NC(=O)c2c(C)coc2CC(=O)O)nc2ccccc21. The molecule has 0 saturated heterocycles. The Hall–Kier alpha value is -3.09. The second-order valence-electron chi connectivity index (χ2n) is 6.19. The van der Waals surface area contributed by atoms with Crippen LogP contribution in [-0.4, -0.2) is 26.5 Å². The number of carbonyl (C=O) groups excluding carboxylic acids is 1. The summed E-state index contributed by atoms with van der Waals surface area (Å²) in [6.07, 6.45) is 1.07. The number of aromatic nitrogens is 2. The van der Waals surface area contributed by atoms with Crippen molar-refractivity contribution in [2.45, 2.75) is 39.8 Å². The summed E-state index contributed by atoms with van der Waals surface area (Å²) in [6, 6.07) is 7.47. The number of nitrogens with one attached hydrogen (secondary N) is 1. The van der Waals surface area contributed by atoms with Gasteiger partial charge in [-0.1, -0.05) is 12.1 Å². The second kappa shape index (κ2) is 7.03. The Kier molecular flexibility index (Phi) is 4.79. The quantitative estimate of drug-likeness (QED) is 0.708. The molecule has 0 spiro atoms. The molecule has 0 aliphatic heterocycles. The lowest BCUT2D eigenvalue weighted by atomic mass is 10.1. The van der Waals surface area contributed by atoms with Crippen molar-refractivity contribution in [2.75, 3.05) is 0 Å². The highest BCUT2D eigenvalue weighted by atomic mass is 16.4. The fraction of sp³-hybridized carbons (Fsp3) is 0.316. The van der Waals surface area contributed by atoms with Crippen molar-refractivity contribution in [3.63, 3.8) is 0 Å². The van der Waals surface area contributed by atoms with Crippen LogP contribution in [0.2, 0.25) is 0 Å². The monoisotopic (exact) mass is 355 g/mol. The van der Waals surface area contributed by atoms with Crippen LogP contribution >= 0.6 is 0 Å². The van der Waals surface area contributed by atoms with Gasteiger partial charge in [0, 0.05) is 12.1 Å². The molecule has 136 valence electrons. The van der Waals surface area contributed by atoms with Crippen LogP contribution in [0.5, 0.6) is 0 Å². The molecule has 1 unspecified atom stereocenters. The topological polar surface area (TPSA) is 97.4 Å². The highest BCUT2D eigenvalue weighted by molar-refractivity contribution is 5.97. The third kappa shape index (κ3) is 3.20. The van der Waals surface area contributed by atoms with Gasteiger partial charge in [0.25, 0.3) is 5.91 Å². The van der Waals surface area contributed by atoms with E-state index in [0.717, 1.165) is 23.4 Å². The largest absolute Gasteiger partial charge is 0.481 e. The molecule has 0 aliphatic carbocycles. The van der Waals surface area contributed by atoms with Gasteiger partial charge < -0.3 is 19.4 Å². The van der Waals surface area contributed by atoms with E-state index in [0.29, 0.717) is 5.56 Å². The Bertz CT molecular complexity index is 970. The Balaban J connectivity index is 1.89. The second-order valence-corrected chi connectivity index (χ2v) is 6.19. The third-order valence-corrected chi connectivity index (χ3v) is 4.33. The van der Waals surface area contributed by atoms with Crippen LogP contribution < -0.4 is 5.32 Å². The van der Waals surface area contributed by atoms with Crippen LogP contribution in [0.15, 0.2) is 34.9 Å². The zero-order chi connectivity index (χ0) is 18.8. The number of imidazole rings is 1. The van der Waals surface area contributed by atoms with Gasteiger partial charge in [-0.3, -0.25) is 9.59 Å². The summed E-state index contributed by atoms with van der Waals surface area (Å²) < 4.78 is 7.30. The number of aliphatic carboxylic acids is 1. The zero-order valence-corrected chi connectivity index (χ0v) is 14.9. The molecule has 0 aliphatic rings. The Morgan fingerprint density at radius 1 is 1.35 bits per heavy atom. The predicted molar refractivity (Wildman–Crippen MR) is 96.1 cm³/mol. The maximum Gasteiger partial charge on any atom is 0.311 e. The molecule has 2 heterocycles. The average molecular weight is 355 g/mol. The van der Waals surface area contributed by atoms with E-state index >= 15 is 0 Å². The standard InChI is InChI=1S/C19H21N3O4/c1-4-22-14-8-6-5-7-13(14)21-18(22)12(3)20-19(25)17-11(2)10-26-15(17)9-16(23)24/h5-8,10,12H,4,9H2,1-3H3,(H,20,25)(H,23,24). The minimum atomic E-state index is -1.05. The summed E-state index contributed by atoms with van der Waals surface area (Å²) in [7, 11) is 0. The lowest BCUT2D eigenvalue weighted by molar-refractivity contribution is -0.136. The first-order valence-electron chi connectivity index (χ1n) is 8.47. The minimum absolute atomic E-state index is 0.156. The summed E-state index contributed by atoms with van der Waals surface area (Å²) in [6.45, 7) is 6.33. The van der Waals surface area contributed by atoms with Gasteiger partial charge in [-0.05, 0) is 32.9 Å². The van der Waals surface area contributed by atoms with Crippen molar-refractivity contribution < 1.29 is 19.1 Å². The van der Waals surface area contributed by atoms with E-state index in [4.69, 9.17) is 9.52 Å². The van der Waals surface area contributed by atoms with Crippen molar-refractivity contribution in [3.8, 4) is 0 Å². The summed E-state index contributed by atoms with van der Waals surface area (Å²) in [5, 5.41) is 11.9. The van der Waals surface area contributed by atoms with Crippen LogP contribution in [0.25, 0.3) is 11.0 Å². The molecule has 2 N–H and O–H groups in total. The van der Waals surface area contributed by atoms with Gasteiger partial charge in [-0.25, -0.2) is 4.98 Å². The number of carboxylic acids is 1. The summed E-state index contributed by atoms with van der Waals surface area (Å²) in [4.78, 5) is 28.3. The first-order chi connectivity index (χ1) is 12.4. The molecular weight excluding hydrogens is 334 g/mol. The zero-order valence-electron chi connectivity index (χ0n) is 14.9. The van der Waals surface area contributed by atoms with Gasteiger partial charge in [-0.2, -0.15) is 0 Å². The molecule has 0 fully saturated rings. The molecule has 1 atom stereocenters. The van der Waals surface area contributed by atoms with Crippen LogP contribution in [0.4, 0.5) is 0 Å². The number of aryl methyl sites for hydroxylation is 2. The summed E-state index contributed by atoms with van der Waals surface area (Å²) >= 11 is 0. The number of nitrogens with zero attached hydrogens (tertiary/aromatic N) is 2. The molecule has 3 aromatic rings. The molecule has 1 amide bonds. The number of carbonyl (C=O) groups is 2. The molecule has 0 saturated carbocycles. The molecule has 1 aromatic carbocycles. The maximum atomic E-state index is 12.7. The van der Waals surface area contributed by atoms with Crippen LogP contribution in [-0.2, 0) is 17.8 Å². The maximum absolute atomic E-state index is 12.7. The van der Waals surface area contributed by atoms with Crippen molar-refractivity contribution in [1.82, 2.24) is 14.9 Å². The van der Waals surface area contributed by atoms with Gasteiger partial charge in [0.15, 0.2) is 0 Å². The predicted octanol–water partition coefficient (Wildman–Crippen LogP) is 3.08. The third-order valence-electron chi connectivity index (χ3n) is 4.33. The fourth-order valence-corrected chi connectivity index (χ4v) is 3.16. The van der Waals surface area contributed by atoms with E-state index in [-0.39, 0.29) is 29.7 Å². The van der Waals surface area contributed by atoms with E-state index < -0.39 is 5.97 Å². The molecule has 26 heavy (non-hydrogen) atoms. The van der Waals surface area contributed by atoms with Crippen molar-refractivity contribution >= 4 is 22.9 Å². The Labute approximate surface area is 150 Å². The van der Waals surface area contributed by atoms with Crippen LogP contribution in [0.1, 0.15) is 47.4 Å². The first-order valence-corrected chi connectivity index (χ1v) is 8.47. The molecule has 2 aromatic heterocycles. The Morgan fingerprint density at radius 3 is 2.77 bits per heavy atom. The van der Waals surface area contributed by atoms with Crippen LogP contribution in [0.3, 0.4) is 0 Å². The molecular formula is C19H21N3O4. The molecule has 0 bridgehead atoms. The number of para-hydroxylation sites is 2. The van der Waals surface area contributed by atoms with E-state index in [9.17, 15) is 9.59 Å². The molecule has 0 radical (unpaired) electrons. The van der Waals surface area contributed by atoms with Gasteiger partial charge in [0.05, 0.1) is 28.9 Å². The molecule has 7 nitrogen and oxygen atoms in total. The molecule has 3 rings (SSSR count). The number of rotatable bonds is 6. The van der Waals surface area contributed by atoms with Gasteiger partial charge in [0.1, 0.15) is 18.0 Å². The smallest absolute Gasteiger partial charge is 0.311 e. The summed E-state index contributed by atoms with van der Waals surface area (Å²) in [5.74, 6) is -0.504. The van der Waals surface area contributed by atoms with Crippen molar-refractivity contribution in [2.24, 2.45) is 0 Å². The molecule has 7 heteroatoms.